The van der Waals surface area contributed by atoms with Crippen LogP contribution in [0.15, 0.2) is 0 Å². The third kappa shape index (κ3) is 1.15. The molecule has 10 heavy (non-hydrogen) atoms. The first-order chi connectivity index (χ1) is 4.66. The molecule has 0 aromatic carbocycles. The van der Waals surface area contributed by atoms with Gasteiger partial charge in [-0.05, 0) is 6.92 Å². The van der Waals surface area contributed by atoms with E-state index in [0.717, 1.165) is 0 Å². The van der Waals surface area contributed by atoms with Crippen LogP contribution in [0, 0.1) is 0 Å². The normalized spacial score (nSPS) is 48.0. The highest BCUT2D eigenvalue weighted by Gasteiger charge is 2.37. The molecule has 0 amide bonds. The van der Waals surface area contributed by atoms with Crippen molar-refractivity contribution in [3.63, 3.8) is 0 Å². The van der Waals surface area contributed by atoms with E-state index in [-0.39, 0.29) is 18.7 Å². The molecule has 0 bridgehead atoms. The van der Waals surface area contributed by atoms with E-state index in [1.165, 1.54) is 0 Å². The van der Waals surface area contributed by atoms with Gasteiger partial charge in [0.15, 0.2) is 0 Å². The van der Waals surface area contributed by atoms with Crippen LogP contribution in [0.3, 0.4) is 0 Å². The Balaban J connectivity index is 2.53. The van der Waals surface area contributed by atoms with Crippen molar-refractivity contribution in [1.29, 1.82) is 0 Å². The van der Waals surface area contributed by atoms with E-state index in [9.17, 15) is 0 Å². The number of aliphatic hydroxyl groups is 3. The molecule has 4 nitrogen and oxygen atoms in total. The number of nitrogens with one attached hydrogen (secondary N) is 1. The molecular weight excluding hydrogens is 134 g/mol. The van der Waals surface area contributed by atoms with E-state index in [4.69, 9.17) is 15.3 Å². The minimum Gasteiger partial charge on any atom is -0.395 e. The largest absolute Gasteiger partial charge is 0.395 e. The van der Waals surface area contributed by atoms with E-state index in [0.29, 0.717) is 0 Å². The summed E-state index contributed by atoms with van der Waals surface area (Å²) in [6.07, 6.45) is -1.59. The third-order valence-electron chi connectivity index (χ3n) is 1.95. The van der Waals surface area contributed by atoms with Gasteiger partial charge in [0.25, 0.3) is 0 Å². The first kappa shape index (κ1) is 7.94. The van der Waals surface area contributed by atoms with Crippen molar-refractivity contribution < 1.29 is 15.3 Å². The van der Waals surface area contributed by atoms with E-state index in [1.807, 2.05) is 0 Å². The molecular formula is C6H13NO3. The summed E-state index contributed by atoms with van der Waals surface area (Å²) in [4.78, 5) is 0. The molecule has 1 aliphatic heterocycles. The number of hydrogen-bond acceptors (Lipinski definition) is 4. The molecule has 4 atom stereocenters. The van der Waals surface area contributed by atoms with Crippen molar-refractivity contribution in [3.8, 4) is 0 Å². The summed E-state index contributed by atoms with van der Waals surface area (Å²) in [5, 5.41) is 29.8. The molecule has 4 N–H and O–H groups in total. The van der Waals surface area contributed by atoms with Gasteiger partial charge < -0.3 is 20.6 Å². The van der Waals surface area contributed by atoms with Crippen molar-refractivity contribution >= 4 is 0 Å². The average Bonchev–Trinajstić information content (AvgIpc) is 2.17. The quantitative estimate of drug-likeness (QED) is 0.348. The molecule has 4 heteroatoms. The summed E-state index contributed by atoms with van der Waals surface area (Å²) in [6.45, 7) is 1.63. The topological polar surface area (TPSA) is 72.7 Å². The maximum absolute atomic E-state index is 9.16. The maximum atomic E-state index is 9.16. The van der Waals surface area contributed by atoms with Crippen LogP contribution in [-0.2, 0) is 0 Å². The lowest BCUT2D eigenvalue weighted by atomic mass is 10.1. The summed E-state index contributed by atoms with van der Waals surface area (Å²) in [7, 11) is 0. The van der Waals surface area contributed by atoms with Gasteiger partial charge in [0.1, 0.15) is 0 Å². The fourth-order valence-corrected chi connectivity index (χ4v) is 1.23. The lowest BCUT2D eigenvalue weighted by Crippen LogP contribution is -2.36. The SMILES string of the molecule is CC1N[C@@H](CO)C(O)[C@H]1O. The Morgan fingerprint density at radius 2 is 1.90 bits per heavy atom. The van der Waals surface area contributed by atoms with Crippen LogP contribution < -0.4 is 5.32 Å². The Kier molecular flexibility index (Phi) is 2.25. The Morgan fingerprint density at radius 3 is 2.10 bits per heavy atom. The van der Waals surface area contributed by atoms with Gasteiger partial charge in [-0.25, -0.2) is 0 Å². The molecule has 1 saturated heterocycles. The number of rotatable bonds is 1. The third-order valence-corrected chi connectivity index (χ3v) is 1.95. The van der Waals surface area contributed by atoms with E-state index >= 15 is 0 Å². The lowest BCUT2D eigenvalue weighted by molar-refractivity contribution is 0.0214. The Morgan fingerprint density at radius 1 is 1.30 bits per heavy atom. The van der Waals surface area contributed by atoms with Crippen LogP contribution in [-0.4, -0.2) is 46.2 Å². The highest BCUT2D eigenvalue weighted by atomic mass is 16.3. The molecule has 1 heterocycles. The summed E-state index contributed by atoms with van der Waals surface area (Å²) in [5.74, 6) is 0. The second-order valence-electron chi connectivity index (χ2n) is 2.73. The van der Waals surface area contributed by atoms with Crippen LogP contribution >= 0.6 is 0 Å². The fourth-order valence-electron chi connectivity index (χ4n) is 1.23. The molecule has 2 unspecified atom stereocenters. The van der Waals surface area contributed by atoms with Gasteiger partial charge in [0.2, 0.25) is 0 Å². The Labute approximate surface area is 59.5 Å². The zero-order valence-electron chi connectivity index (χ0n) is 5.86. The van der Waals surface area contributed by atoms with Crippen LogP contribution in [0.4, 0.5) is 0 Å². The van der Waals surface area contributed by atoms with Crippen molar-refractivity contribution in [2.75, 3.05) is 6.61 Å². The number of hydrogen-bond donors (Lipinski definition) is 4. The molecule has 0 radical (unpaired) electrons. The number of aliphatic hydroxyl groups excluding tert-OH is 3. The average molecular weight is 147 g/mol. The predicted octanol–water partition coefficient (Wildman–Crippen LogP) is -1.94. The molecule has 0 spiro atoms. The van der Waals surface area contributed by atoms with Gasteiger partial charge in [-0.1, -0.05) is 0 Å². The molecule has 1 fully saturated rings. The van der Waals surface area contributed by atoms with Gasteiger partial charge in [-0.15, -0.1) is 0 Å². The van der Waals surface area contributed by atoms with Crippen molar-refractivity contribution in [2.24, 2.45) is 0 Å². The van der Waals surface area contributed by atoms with Crippen LogP contribution in [0.2, 0.25) is 0 Å². The molecule has 0 aromatic heterocycles. The zero-order valence-corrected chi connectivity index (χ0v) is 5.86. The molecule has 0 saturated carbocycles. The monoisotopic (exact) mass is 147 g/mol. The van der Waals surface area contributed by atoms with Crippen molar-refractivity contribution in [1.82, 2.24) is 5.32 Å². The summed E-state index contributed by atoms with van der Waals surface area (Å²) in [6, 6.07) is -0.503. The van der Waals surface area contributed by atoms with Crippen molar-refractivity contribution in [2.45, 2.75) is 31.2 Å². The van der Waals surface area contributed by atoms with E-state index < -0.39 is 12.2 Å². The molecule has 1 aliphatic rings. The minimum absolute atomic E-state index is 0.132. The highest BCUT2D eigenvalue weighted by Crippen LogP contribution is 2.12. The predicted molar refractivity (Wildman–Crippen MR) is 35.5 cm³/mol. The fraction of sp³-hybridized carbons (Fsp3) is 1.00. The Hall–Kier alpha value is -0.160. The summed E-state index contributed by atoms with van der Waals surface area (Å²) >= 11 is 0. The highest BCUT2D eigenvalue weighted by molar-refractivity contribution is 4.95. The van der Waals surface area contributed by atoms with Gasteiger partial charge in [0, 0.05) is 6.04 Å². The molecule has 60 valence electrons. The van der Waals surface area contributed by atoms with Crippen LogP contribution in [0.5, 0.6) is 0 Å². The van der Waals surface area contributed by atoms with Crippen LogP contribution in [0.25, 0.3) is 0 Å². The van der Waals surface area contributed by atoms with Gasteiger partial charge in [-0.3, -0.25) is 0 Å². The lowest BCUT2D eigenvalue weighted by Gasteiger charge is -2.11. The standard InChI is InChI=1S/C6H13NO3/c1-3-5(9)6(10)4(2-8)7-3/h3-10H,2H2,1H3/t3?,4-,5-,6?/m0/s1. The maximum Gasteiger partial charge on any atom is 0.0989 e. The first-order valence-electron chi connectivity index (χ1n) is 3.40. The molecule has 0 aromatic rings. The summed E-state index contributed by atoms with van der Waals surface area (Å²) < 4.78 is 0. The van der Waals surface area contributed by atoms with Crippen molar-refractivity contribution in [3.05, 3.63) is 0 Å². The Bertz CT molecular complexity index is 120. The first-order valence-corrected chi connectivity index (χ1v) is 3.40. The van der Waals surface area contributed by atoms with Gasteiger partial charge in [0.05, 0.1) is 24.9 Å². The van der Waals surface area contributed by atoms with Gasteiger partial charge >= 0.3 is 0 Å². The van der Waals surface area contributed by atoms with E-state index in [2.05, 4.69) is 5.32 Å². The second-order valence-corrected chi connectivity index (χ2v) is 2.73. The smallest absolute Gasteiger partial charge is 0.0989 e. The van der Waals surface area contributed by atoms with E-state index in [1.54, 1.807) is 6.92 Å². The van der Waals surface area contributed by atoms with Crippen LogP contribution in [0.1, 0.15) is 6.92 Å². The molecule has 1 rings (SSSR count). The zero-order chi connectivity index (χ0) is 7.72. The second kappa shape index (κ2) is 2.84. The molecule has 0 aliphatic carbocycles. The summed E-state index contributed by atoms with van der Waals surface area (Å²) in [5.41, 5.74) is 0. The van der Waals surface area contributed by atoms with Gasteiger partial charge in [-0.2, -0.15) is 0 Å². The minimum atomic E-state index is -0.833.